The van der Waals surface area contributed by atoms with E-state index in [2.05, 4.69) is 20.9 Å². The lowest BCUT2D eigenvalue weighted by atomic mass is 10.1. The number of halogens is 1. The zero-order valence-corrected chi connectivity index (χ0v) is 11.8. The molecule has 90 valence electrons. The van der Waals surface area contributed by atoms with E-state index in [-0.39, 0.29) is 0 Å². The van der Waals surface area contributed by atoms with Crippen LogP contribution in [0.4, 0.5) is 0 Å². The van der Waals surface area contributed by atoms with Crippen LogP contribution in [0.15, 0.2) is 34.2 Å². The van der Waals surface area contributed by atoms with Gasteiger partial charge in [-0.05, 0) is 40.0 Å². The second kappa shape index (κ2) is 6.14. The van der Waals surface area contributed by atoms with Crippen LogP contribution in [0, 0.1) is 0 Å². The Kier molecular flexibility index (Phi) is 4.53. The highest BCUT2D eigenvalue weighted by Gasteiger charge is 2.02. The lowest BCUT2D eigenvalue weighted by Crippen LogP contribution is -1.94. The minimum Gasteiger partial charge on any atom is -0.431 e. The molecule has 1 heterocycles. The van der Waals surface area contributed by atoms with Crippen molar-refractivity contribution in [2.24, 2.45) is 0 Å². The quantitative estimate of drug-likeness (QED) is 0.839. The Morgan fingerprint density at radius 2 is 2.06 bits per heavy atom. The first-order valence-electron chi connectivity index (χ1n) is 5.14. The van der Waals surface area contributed by atoms with Crippen molar-refractivity contribution < 1.29 is 9.47 Å². The van der Waals surface area contributed by atoms with Gasteiger partial charge in [-0.2, -0.15) is 4.98 Å². The number of rotatable bonds is 5. The first kappa shape index (κ1) is 12.5. The molecule has 0 unspecified atom stereocenters. The summed E-state index contributed by atoms with van der Waals surface area (Å²) in [7, 11) is 1.71. The normalized spacial score (nSPS) is 10.5. The topological polar surface area (TPSA) is 31.4 Å². The fourth-order valence-electron chi connectivity index (χ4n) is 1.33. The molecule has 0 spiro atoms. The van der Waals surface area contributed by atoms with Crippen LogP contribution in [0.25, 0.3) is 0 Å². The van der Waals surface area contributed by atoms with Crippen LogP contribution in [0.5, 0.6) is 10.9 Å². The Balaban J connectivity index is 1.98. The molecule has 0 fully saturated rings. The molecule has 0 radical (unpaired) electrons. The number of aromatic nitrogens is 1. The molecule has 1 aromatic heterocycles. The Morgan fingerprint density at radius 1 is 1.29 bits per heavy atom. The summed E-state index contributed by atoms with van der Waals surface area (Å²) in [5, 5.41) is 2.53. The molecular weight excluding hydrogens is 302 g/mol. The van der Waals surface area contributed by atoms with Gasteiger partial charge in [-0.15, -0.1) is 0 Å². The molecule has 3 nitrogen and oxygen atoms in total. The van der Waals surface area contributed by atoms with Gasteiger partial charge >= 0.3 is 0 Å². The molecule has 0 aliphatic heterocycles. The summed E-state index contributed by atoms with van der Waals surface area (Å²) in [5.74, 6) is 0.799. The maximum absolute atomic E-state index is 5.60. The fraction of sp³-hybridized carbons (Fsp3) is 0.250. The van der Waals surface area contributed by atoms with Crippen LogP contribution in [0.2, 0.25) is 0 Å². The minimum absolute atomic E-state index is 0.640. The number of nitrogens with zero attached hydrogens (tertiary/aromatic N) is 1. The summed E-state index contributed by atoms with van der Waals surface area (Å²) in [5.41, 5.74) is 1.24. The highest BCUT2D eigenvalue weighted by molar-refractivity contribution is 9.10. The van der Waals surface area contributed by atoms with Crippen LogP contribution < -0.4 is 4.74 Å². The van der Waals surface area contributed by atoms with Crippen molar-refractivity contribution in [1.29, 1.82) is 0 Å². The number of methoxy groups -OCH3 is 1. The van der Waals surface area contributed by atoms with Crippen LogP contribution in [-0.2, 0) is 11.2 Å². The summed E-state index contributed by atoms with van der Waals surface area (Å²) in [6.45, 7) is 0.736. The second-order valence-electron chi connectivity index (χ2n) is 3.42. The second-order valence-corrected chi connectivity index (χ2v) is 5.06. The largest absolute Gasteiger partial charge is 0.431 e. The third-order valence-electron chi connectivity index (χ3n) is 2.18. The number of hydrogen-bond acceptors (Lipinski definition) is 4. The third-order valence-corrected chi connectivity index (χ3v) is 3.61. The van der Waals surface area contributed by atoms with Gasteiger partial charge in [0.05, 0.1) is 6.61 Å². The van der Waals surface area contributed by atoms with E-state index in [1.165, 1.54) is 16.9 Å². The first-order chi connectivity index (χ1) is 8.28. The third kappa shape index (κ3) is 3.80. The van der Waals surface area contributed by atoms with Gasteiger partial charge in [0.15, 0.2) is 0 Å². The Morgan fingerprint density at radius 3 is 2.65 bits per heavy atom. The number of hydrogen-bond donors (Lipinski definition) is 0. The van der Waals surface area contributed by atoms with Crippen LogP contribution in [0.1, 0.15) is 5.56 Å². The molecule has 17 heavy (non-hydrogen) atoms. The van der Waals surface area contributed by atoms with Crippen molar-refractivity contribution in [3.8, 4) is 10.9 Å². The summed E-state index contributed by atoms with van der Waals surface area (Å²) < 4.78 is 11.4. The van der Waals surface area contributed by atoms with E-state index in [0.29, 0.717) is 5.19 Å². The Labute approximate surface area is 113 Å². The van der Waals surface area contributed by atoms with Gasteiger partial charge in [-0.25, -0.2) is 0 Å². The average molecular weight is 314 g/mol. The molecule has 0 aliphatic carbocycles. The Bertz CT molecular complexity index is 470. The lowest BCUT2D eigenvalue weighted by Gasteiger charge is -2.03. The predicted molar refractivity (Wildman–Crippen MR) is 71.9 cm³/mol. The van der Waals surface area contributed by atoms with Crippen LogP contribution >= 0.6 is 27.3 Å². The van der Waals surface area contributed by atoms with Crippen molar-refractivity contribution >= 4 is 27.3 Å². The fourth-order valence-corrected chi connectivity index (χ4v) is 2.44. The molecule has 0 N–H and O–H groups in total. The zero-order valence-electron chi connectivity index (χ0n) is 9.35. The van der Waals surface area contributed by atoms with E-state index < -0.39 is 0 Å². The molecule has 2 aromatic rings. The van der Waals surface area contributed by atoms with Crippen molar-refractivity contribution in [3.63, 3.8) is 0 Å². The van der Waals surface area contributed by atoms with E-state index in [9.17, 15) is 0 Å². The molecule has 1 aromatic carbocycles. The lowest BCUT2D eigenvalue weighted by molar-refractivity contribution is 0.202. The number of ether oxygens (including phenoxy) is 2. The monoisotopic (exact) mass is 313 g/mol. The maximum atomic E-state index is 5.60. The van der Waals surface area contributed by atoms with E-state index in [1.807, 2.05) is 29.6 Å². The van der Waals surface area contributed by atoms with Crippen LogP contribution in [0.3, 0.4) is 0 Å². The van der Waals surface area contributed by atoms with Crippen molar-refractivity contribution in [2.75, 3.05) is 13.7 Å². The average Bonchev–Trinajstić information content (AvgIpc) is 2.74. The van der Waals surface area contributed by atoms with Gasteiger partial charge in [-0.1, -0.05) is 23.5 Å². The highest BCUT2D eigenvalue weighted by Crippen LogP contribution is 2.27. The van der Waals surface area contributed by atoms with Gasteiger partial charge in [0.1, 0.15) is 10.4 Å². The molecule has 2 rings (SSSR count). The van der Waals surface area contributed by atoms with E-state index in [1.54, 1.807) is 7.11 Å². The molecule has 0 saturated heterocycles. The van der Waals surface area contributed by atoms with E-state index >= 15 is 0 Å². The zero-order chi connectivity index (χ0) is 12.1. The van der Waals surface area contributed by atoms with Crippen LogP contribution in [-0.4, -0.2) is 18.7 Å². The SMILES string of the molecule is COCCc1ccc(Oc2nc(Br)cs2)cc1. The standard InChI is InChI=1S/C12H12BrNO2S/c1-15-7-6-9-2-4-10(5-3-9)16-12-14-11(13)8-17-12/h2-5,8H,6-7H2,1H3. The van der Waals surface area contributed by atoms with Crippen molar-refractivity contribution in [1.82, 2.24) is 4.98 Å². The van der Waals surface area contributed by atoms with Crippen molar-refractivity contribution in [2.45, 2.75) is 6.42 Å². The van der Waals surface area contributed by atoms with Crippen molar-refractivity contribution in [3.05, 3.63) is 39.8 Å². The number of thiazole rings is 1. The predicted octanol–water partition coefficient (Wildman–Crippen LogP) is 3.89. The van der Waals surface area contributed by atoms with Gasteiger partial charge in [0, 0.05) is 12.5 Å². The molecule has 0 amide bonds. The molecule has 0 atom stereocenters. The molecule has 0 bridgehead atoms. The molecular formula is C12H12BrNO2S. The highest BCUT2D eigenvalue weighted by atomic mass is 79.9. The van der Waals surface area contributed by atoms with E-state index in [0.717, 1.165) is 23.4 Å². The number of benzene rings is 1. The molecule has 0 saturated carbocycles. The van der Waals surface area contributed by atoms with Gasteiger partial charge in [0.2, 0.25) is 0 Å². The minimum atomic E-state index is 0.640. The van der Waals surface area contributed by atoms with Gasteiger partial charge in [0.25, 0.3) is 5.19 Å². The van der Waals surface area contributed by atoms with Gasteiger partial charge < -0.3 is 9.47 Å². The summed E-state index contributed by atoms with van der Waals surface area (Å²) in [4.78, 5) is 4.17. The smallest absolute Gasteiger partial charge is 0.279 e. The summed E-state index contributed by atoms with van der Waals surface area (Å²) in [6.07, 6.45) is 0.916. The Hall–Kier alpha value is -0.910. The summed E-state index contributed by atoms with van der Waals surface area (Å²) in [6, 6.07) is 7.97. The molecule has 0 aliphatic rings. The van der Waals surface area contributed by atoms with Gasteiger partial charge in [-0.3, -0.25) is 0 Å². The first-order valence-corrected chi connectivity index (χ1v) is 6.82. The molecule has 5 heteroatoms. The van der Waals surface area contributed by atoms with E-state index in [4.69, 9.17) is 9.47 Å². The maximum Gasteiger partial charge on any atom is 0.279 e. The summed E-state index contributed by atoms with van der Waals surface area (Å²) >= 11 is 4.75.